The average Bonchev–Trinajstić information content (AvgIpc) is 2.76. The largest absolute Gasteiger partial charge is 0.410 e. The molecular weight excluding hydrogens is 331 g/mol. The second-order valence-corrected chi connectivity index (χ2v) is 6.62. The Balaban J connectivity index is 2.45. The van der Waals surface area contributed by atoms with E-state index in [1.807, 2.05) is 0 Å². The zero-order chi connectivity index (χ0) is 14.9. The second-order valence-electron chi connectivity index (χ2n) is 3.68. The standard InChI is InChI=1S/C9H6Cl2N4O4S/c10-7-3-12-2-1-6(7)4-14-5-8(20(11,18)19)9(13-14)15(16)17/h1-3,5H,4H2. The van der Waals surface area contributed by atoms with Crippen LogP contribution in [0.3, 0.4) is 0 Å². The first-order valence-electron chi connectivity index (χ1n) is 5.04. The molecule has 106 valence electrons. The summed E-state index contributed by atoms with van der Waals surface area (Å²) in [5.74, 6) is -0.829. The number of aromatic nitrogens is 3. The van der Waals surface area contributed by atoms with Crippen LogP contribution in [0.5, 0.6) is 0 Å². The van der Waals surface area contributed by atoms with Gasteiger partial charge < -0.3 is 10.1 Å². The Morgan fingerprint density at radius 2 is 2.15 bits per heavy atom. The van der Waals surface area contributed by atoms with Crippen LogP contribution < -0.4 is 0 Å². The number of hydrogen-bond donors (Lipinski definition) is 0. The van der Waals surface area contributed by atoms with E-state index in [2.05, 4.69) is 10.1 Å². The molecule has 0 fully saturated rings. The molecule has 11 heteroatoms. The first-order chi connectivity index (χ1) is 9.29. The van der Waals surface area contributed by atoms with Crippen molar-refractivity contribution in [2.75, 3.05) is 0 Å². The zero-order valence-electron chi connectivity index (χ0n) is 9.60. The molecular formula is C9H6Cl2N4O4S. The van der Waals surface area contributed by atoms with E-state index in [0.717, 1.165) is 10.9 Å². The van der Waals surface area contributed by atoms with Crippen LogP contribution in [0.2, 0.25) is 5.02 Å². The second kappa shape index (κ2) is 5.35. The van der Waals surface area contributed by atoms with Gasteiger partial charge in [0.2, 0.25) is 4.90 Å². The topological polar surface area (TPSA) is 108 Å². The van der Waals surface area contributed by atoms with Crippen molar-refractivity contribution < 1.29 is 13.3 Å². The lowest BCUT2D eigenvalue weighted by molar-refractivity contribution is -0.392. The van der Waals surface area contributed by atoms with Gasteiger partial charge in [-0.1, -0.05) is 11.6 Å². The Morgan fingerprint density at radius 1 is 1.45 bits per heavy atom. The smallest absolute Gasteiger partial charge is 0.358 e. The van der Waals surface area contributed by atoms with Crippen molar-refractivity contribution >= 4 is 37.2 Å². The van der Waals surface area contributed by atoms with E-state index in [-0.39, 0.29) is 6.54 Å². The lowest BCUT2D eigenvalue weighted by Gasteiger charge is -1.99. The quantitative estimate of drug-likeness (QED) is 0.478. The first kappa shape index (κ1) is 14.7. The van der Waals surface area contributed by atoms with Crippen molar-refractivity contribution in [3.63, 3.8) is 0 Å². The summed E-state index contributed by atoms with van der Waals surface area (Å²) in [7, 11) is 0.876. The Bertz CT molecular complexity index is 774. The summed E-state index contributed by atoms with van der Waals surface area (Å²) in [5.41, 5.74) is 0.581. The lowest BCUT2D eigenvalue weighted by atomic mass is 10.3. The number of pyridine rings is 1. The van der Waals surface area contributed by atoms with E-state index < -0.39 is 24.7 Å². The minimum atomic E-state index is -4.26. The van der Waals surface area contributed by atoms with Gasteiger partial charge in [0.05, 0.1) is 22.9 Å². The van der Waals surface area contributed by atoms with Crippen molar-refractivity contribution in [1.29, 1.82) is 0 Å². The van der Waals surface area contributed by atoms with E-state index in [0.29, 0.717) is 10.6 Å². The van der Waals surface area contributed by atoms with Crippen LogP contribution in [0.4, 0.5) is 5.82 Å². The lowest BCUT2D eigenvalue weighted by Crippen LogP contribution is -2.02. The molecule has 0 radical (unpaired) electrons. The Labute approximate surface area is 122 Å². The monoisotopic (exact) mass is 336 g/mol. The Kier molecular flexibility index (Phi) is 3.93. The van der Waals surface area contributed by atoms with Crippen molar-refractivity contribution in [2.24, 2.45) is 0 Å². The summed E-state index contributed by atoms with van der Waals surface area (Å²) in [6, 6.07) is 1.59. The van der Waals surface area contributed by atoms with Crippen LogP contribution in [-0.2, 0) is 15.6 Å². The molecule has 2 rings (SSSR count). The zero-order valence-corrected chi connectivity index (χ0v) is 11.9. The van der Waals surface area contributed by atoms with E-state index in [9.17, 15) is 18.5 Å². The van der Waals surface area contributed by atoms with E-state index in [1.165, 1.54) is 12.4 Å². The fraction of sp³-hybridized carbons (Fsp3) is 0.111. The first-order valence-corrected chi connectivity index (χ1v) is 7.72. The van der Waals surface area contributed by atoms with Crippen LogP contribution in [0.25, 0.3) is 0 Å². The van der Waals surface area contributed by atoms with Gasteiger partial charge in [0, 0.05) is 23.1 Å². The molecule has 0 unspecified atom stereocenters. The minimum Gasteiger partial charge on any atom is -0.358 e. The van der Waals surface area contributed by atoms with E-state index in [4.69, 9.17) is 22.3 Å². The van der Waals surface area contributed by atoms with Gasteiger partial charge in [-0.3, -0.25) is 4.98 Å². The molecule has 0 spiro atoms. The molecule has 0 aliphatic rings. The third kappa shape index (κ3) is 3.06. The molecule has 2 heterocycles. The predicted octanol–water partition coefficient (Wildman–Crippen LogP) is 1.82. The molecule has 0 aliphatic heterocycles. The SMILES string of the molecule is O=[N+]([O-])c1nn(Cc2ccncc2Cl)cc1S(=O)(=O)Cl. The molecule has 20 heavy (non-hydrogen) atoms. The van der Waals surface area contributed by atoms with Gasteiger partial charge in [-0.2, -0.15) is 4.68 Å². The van der Waals surface area contributed by atoms with E-state index in [1.54, 1.807) is 6.07 Å². The number of nitrogens with zero attached hydrogens (tertiary/aromatic N) is 4. The third-order valence-electron chi connectivity index (χ3n) is 2.33. The summed E-state index contributed by atoms with van der Waals surface area (Å²) in [6.07, 6.45) is 3.86. The fourth-order valence-corrected chi connectivity index (χ4v) is 2.57. The van der Waals surface area contributed by atoms with Gasteiger partial charge in [-0.05, 0) is 16.6 Å². The van der Waals surface area contributed by atoms with Crippen LogP contribution >= 0.6 is 22.3 Å². The average molecular weight is 337 g/mol. The number of nitro groups is 1. The molecule has 0 saturated heterocycles. The maximum atomic E-state index is 11.3. The molecule has 0 bridgehead atoms. The molecule has 0 aliphatic carbocycles. The summed E-state index contributed by atoms with van der Waals surface area (Å²) < 4.78 is 23.6. The highest BCUT2D eigenvalue weighted by Gasteiger charge is 2.30. The highest BCUT2D eigenvalue weighted by atomic mass is 35.7. The molecule has 0 saturated carbocycles. The fourth-order valence-electron chi connectivity index (χ4n) is 1.48. The summed E-state index contributed by atoms with van der Waals surface area (Å²) in [6.45, 7) is 0.0502. The maximum absolute atomic E-state index is 11.3. The van der Waals surface area contributed by atoms with Crippen LogP contribution in [0.15, 0.2) is 29.6 Å². The van der Waals surface area contributed by atoms with Gasteiger partial charge in [0.1, 0.15) is 0 Å². The number of halogens is 2. The maximum Gasteiger partial charge on any atom is 0.410 e. The van der Waals surface area contributed by atoms with Crippen molar-refractivity contribution in [3.05, 3.63) is 45.4 Å². The van der Waals surface area contributed by atoms with Gasteiger partial charge in [0.25, 0.3) is 9.05 Å². The minimum absolute atomic E-state index is 0.0502. The van der Waals surface area contributed by atoms with Crippen molar-refractivity contribution in [1.82, 2.24) is 14.8 Å². The molecule has 2 aromatic rings. The molecule has 0 atom stereocenters. The third-order valence-corrected chi connectivity index (χ3v) is 3.99. The van der Waals surface area contributed by atoms with Gasteiger partial charge in [-0.15, -0.1) is 0 Å². The molecule has 2 aromatic heterocycles. The molecule has 8 nitrogen and oxygen atoms in total. The van der Waals surface area contributed by atoms with Gasteiger partial charge in [0.15, 0.2) is 0 Å². The predicted molar refractivity (Wildman–Crippen MR) is 70.3 cm³/mol. The summed E-state index contributed by atoms with van der Waals surface area (Å²) in [5, 5.41) is 14.7. The molecule has 0 amide bonds. The van der Waals surface area contributed by atoms with E-state index >= 15 is 0 Å². The molecule has 0 N–H and O–H groups in total. The van der Waals surface area contributed by atoms with Crippen LogP contribution in [-0.4, -0.2) is 28.1 Å². The molecule has 0 aromatic carbocycles. The van der Waals surface area contributed by atoms with Gasteiger partial charge in [-0.25, -0.2) is 8.42 Å². The van der Waals surface area contributed by atoms with Crippen LogP contribution in [0, 0.1) is 10.1 Å². The Morgan fingerprint density at radius 3 is 2.65 bits per heavy atom. The number of hydrogen-bond acceptors (Lipinski definition) is 6. The number of rotatable bonds is 4. The Hall–Kier alpha value is -1.71. The van der Waals surface area contributed by atoms with Crippen molar-refractivity contribution in [2.45, 2.75) is 11.4 Å². The normalized spacial score (nSPS) is 11.5. The summed E-state index contributed by atoms with van der Waals surface area (Å²) >= 11 is 5.89. The van der Waals surface area contributed by atoms with Crippen molar-refractivity contribution in [3.8, 4) is 0 Å². The highest BCUT2D eigenvalue weighted by molar-refractivity contribution is 8.13. The highest BCUT2D eigenvalue weighted by Crippen LogP contribution is 2.26. The van der Waals surface area contributed by atoms with Gasteiger partial charge >= 0.3 is 5.82 Å². The van der Waals surface area contributed by atoms with Crippen LogP contribution in [0.1, 0.15) is 5.56 Å². The summed E-state index contributed by atoms with van der Waals surface area (Å²) in [4.78, 5) is 13.0.